The first kappa shape index (κ1) is 15.6. The molecule has 5 heteroatoms. The van der Waals surface area contributed by atoms with Crippen molar-refractivity contribution in [3.05, 3.63) is 70.2 Å². The van der Waals surface area contributed by atoms with Crippen LogP contribution in [0.25, 0.3) is 0 Å². The number of hydrogen-bond donors (Lipinski definition) is 1. The molecule has 1 saturated heterocycles. The lowest BCUT2D eigenvalue weighted by Gasteiger charge is -2.22. The number of amides is 3. The van der Waals surface area contributed by atoms with Crippen LogP contribution in [0.1, 0.15) is 23.6 Å². The lowest BCUT2D eigenvalue weighted by atomic mass is 9.91. The highest BCUT2D eigenvalue weighted by molar-refractivity contribution is 6.30. The summed E-state index contributed by atoms with van der Waals surface area (Å²) < 4.78 is 0. The van der Waals surface area contributed by atoms with Gasteiger partial charge in [0.1, 0.15) is 5.54 Å². The number of rotatable bonds is 3. The molecule has 0 bridgehead atoms. The van der Waals surface area contributed by atoms with Gasteiger partial charge < -0.3 is 5.32 Å². The summed E-state index contributed by atoms with van der Waals surface area (Å²) in [5.74, 6) is -0.249. The van der Waals surface area contributed by atoms with E-state index in [9.17, 15) is 9.59 Å². The standard InChI is InChI=1S/C18H17ClN2O2/c1-12-3-7-14(8-4-12)18(2)16(22)21(17(23)20-18)11-13-5-9-15(19)10-6-13/h3-10H,11H2,1-2H3,(H,20,23)/t18-/m0/s1. The fourth-order valence-electron chi connectivity index (χ4n) is 2.70. The van der Waals surface area contributed by atoms with Gasteiger partial charge in [0.2, 0.25) is 0 Å². The number of halogens is 1. The second-order valence-electron chi connectivity index (χ2n) is 5.94. The van der Waals surface area contributed by atoms with Crippen LogP contribution in [-0.2, 0) is 16.9 Å². The SMILES string of the molecule is Cc1ccc([C@]2(C)NC(=O)N(Cc3ccc(Cl)cc3)C2=O)cc1. The van der Waals surface area contributed by atoms with Crippen molar-refractivity contribution in [1.29, 1.82) is 0 Å². The minimum absolute atomic E-state index is 0.225. The number of benzene rings is 2. The number of aryl methyl sites for hydroxylation is 1. The zero-order valence-electron chi connectivity index (χ0n) is 13.0. The van der Waals surface area contributed by atoms with Gasteiger partial charge in [-0.15, -0.1) is 0 Å². The van der Waals surface area contributed by atoms with Crippen LogP contribution in [0.5, 0.6) is 0 Å². The van der Waals surface area contributed by atoms with Gasteiger partial charge in [0.05, 0.1) is 6.54 Å². The van der Waals surface area contributed by atoms with Crippen molar-refractivity contribution in [2.45, 2.75) is 25.9 Å². The van der Waals surface area contributed by atoms with E-state index >= 15 is 0 Å². The number of carbonyl (C=O) groups is 2. The molecule has 0 radical (unpaired) electrons. The first-order valence-electron chi connectivity index (χ1n) is 7.36. The number of hydrogen-bond acceptors (Lipinski definition) is 2. The Morgan fingerprint density at radius 3 is 2.26 bits per heavy atom. The predicted octanol–water partition coefficient (Wildman–Crippen LogP) is 3.62. The summed E-state index contributed by atoms with van der Waals surface area (Å²) in [5.41, 5.74) is 1.70. The van der Waals surface area contributed by atoms with Gasteiger partial charge in [0, 0.05) is 5.02 Å². The number of nitrogens with one attached hydrogen (secondary N) is 1. The predicted molar refractivity (Wildman–Crippen MR) is 89.1 cm³/mol. The molecule has 1 aliphatic heterocycles. The summed E-state index contributed by atoms with van der Waals surface area (Å²) in [7, 11) is 0. The van der Waals surface area contributed by atoms with E-state index < -0.39 is 5.54 Å². The summed E-state index contributed by atoms with van der Waals surface area (Å²) in [6, 6.07) is 14.3. The van der Waals surface area contributed by atoms with E-state index in [1.807, 2.05) is 43.3 Å². The maximum Gasteiger partial charge on any atom is 0.325 e. The second-order valence-corrected chi connectivity index (χ2v) is 6.38. The molecule has 1 N–H and O–H groups in total. The highest BCUT2D eigenvalue weighted by atomic mass is 35.5. The Kier molecular flexibility index (Phi) is 3.86. The van der Waals surface area contributed by atoms with Crippen LogP contribution >= 0.6 is 11.6 Å². The molecule has 3 rings (SSSR count). The van der Waals surface area contributed by atoms with Crippen molar-refractivity contribution < 1.29 is 9.59 Å². The van der Waals surface area contributed by atoms with Crippen LogP contribution in [-0.4, -0.2) is 16.8 Å². The van der Waals surface area contributed by atoms with E-state index in [4.69, 9.17) is 11.6 Å². The maximum atomic E-state index is 12.8. The molecule has 1 heterocycles. The van der Waals surface area contributed by atoms with Gasteiger partial charge in [0.15, 0.2) is 0 Å². The lowest BCUT2D eigenvalue weighted by molar-refractivity contribution is -0.131. The topological polar surface area (TPSA) is 49.4 Å². The third-order valence-electron chi connectivity index (χ3n) is 4.16. The van der Waals surface area contributed by atoms with Gasteiger partial charge in [-0.3, -0.25) is 9.69 Å². The van der Waals surface area contributed by atoms with Crippen LogP contribution in [0.15, 0.2) is 48.5 Å². The summed E-state index contributed by atoms with van der Waals surface area (Å²) >= 11 is 5.86. The van der Waals surface area contributed by atoms with Crippen LogP contribution in [0, 0.1) is 6.92 Å². The molecule has 1 atom stereocenters. The number of carbonyl (C=O) groups excluding carboxylic acids is 2. The normalized spacial score (nSPS) is 20.7. The lowest BCUT2D eigenvalue weighted by Crippen LogP contribution is -2.40. The van der Waals surface area contributed by atoms with Crippen LogP contribution in [0.2, 0.25) is 5.02 Å². The Balaban J connectivity index is 1.87. The first-order valence-corrected chi connectivity index (χ1v) is 7.73. The quantitative estimate of drug-likeness (QED) is 0.875. The van der Waals surface area contributed by atoms with Gasteiger partial charge >= 0.3 is 6.03 Å². The van der Waals surface area contributed by atoms with Crippen molar-refractivity contribution in [3.8, 4) is 0 Å². The largest absolute Gasteiger partial charge is 0.325 e. The van der Waals surface area contributed by atoms with Gasteiger partial charge in [-0.2, -0.15) is 0 Å². The molecule has 4 nitrogen and oxygen atoms in total. The van der Waals surface area contributed by atoms with Crippen LogP contribution in [0.4, 0.5) is 4.79 Å². The fraction of sp³-hybridized carbons (Fsp3) is 0.222. The van der Waals surface area contributed by atoms with E-state index in [-0.39, 0.29) is 18.5 Å². The van der Waals surface area contributed by atoms with E-state index in [1.54, 1.807) is 19.1 Å². The van der Waals surface area contributed by atoms with Gasteiger partial charge in [-0.05, 0) is 37.1 Å². The second kappa shape index (κ2) is 5.70. The van der Waals surface area contributed by atoms with Crippen molar-refractivity contribution in [2.75, 3.05) is 0 Å². The minimum atomic E-state index is -1.03. The average Bonchev–Trinajstić information content (AvgIpc) is 2.74. The van der Waals surface area contributed by atoms with Gasteiger partial charge in [-0.1, -0.05) is 53.6 Å². The highest BCUT2D eigenvalue weighted by Crippen LogP contribution is 2.30. The summed E-state index contributed by atoms with van der Waals surface area (Å²) in [6.07, 6.45) is 0. The fourth-order valence-corrected chi connectivity index (χ4v) is 2.82. The number of nitrogens with zero attached hydrogens (tertiary/aromatic N) is 1. The average molecular weight is 329 g/mol. The third kappa shape index (κ3) is 2.82. The van der Waals surface area contributed by atoms with Crippen LogP contribution in [0.3, 0.4) is 0 Å². The van der Waals surface area contributed by atoms with E-state index in [1.165, 1.54) is 4.90 Å². The molecule has 0 aromatic heterocycles. The Labute approximate surface area is 140 Å². The Morgan fingerprint density at radius 1 is 1.04 bits per heavy atom. The molecular weight excluding hydrogens is 312 g/mol. The first-order chi connectivity index (χ1) is 10.9. The molecule has 1 aliphatic rings. The molecule has 118 valence electrons. The molecule has 0 aliphatic carbocycles. The van der Waals surface area contributed by atoms with Crippen molar-refractivity contribution >= 4 is 23.5 Å². The van der Waals surface area contributed by atoms with Crippen molar-refractivity contribution in [2.24, 2.45) is 0 Å². The Bertz CT molecular complexity index is 756. The third-order valence-corrected chi connectivity index (χ3v) is 4.41. The molecule has 3 amide bonds. The Hall–Kier alpha value is -2.33. The zero-order valence-corrected chi connectivity index (χ0v) is 13.7. The van der Waals surface area contributed by atoms with Gasteiger partial charge in [0.25, 0.3) is 5.91 Å². The maximum absolute atomic E-state index is 12.8. The monoisotopic (exact) mass is 328 g/mol. The summed E-state index contributed by atoms with van der Waals surface area (Å²) in [5, 5.41) is 3.43. The highest BCUT2D eigenvalue weighted by Gasteiger charge is 2.48. The zero-order chi connectivity index (χ0) is 16.6. The number of urea groups is 1. The van der Waals surface area contributed by atoms with E-state index in [0.29, 0.717) is 5.02 Å². The summed E-state index contributed by atoms with van der Waals surface area (Å²) in [6.45, 7) is 3.94. The Morgan fingerprint density at radius 2 is 1.65 bits per heavy atom. The molecule has 0 saturated carbocycles. The molecule has 2 aromatic carbocycles. The summed E-state index contributed by atoms with van der Waals surface area (Å²) in [4.78, 5) is 26.3. The van der Waals surface area contributed by atoms with Crippen LogP contribution < -0.4 is 5.32 Å². The molecule has 23 heavy (non-hydrogen) atoms. The molecule has 2 aromatic rings. The van der Waals surface area contributed by atoms with Crippen molar-refractivity contribution in [1.82, 2.24) is 10.2 Å². The molecular formula is C18H17ClN2O2. The van der Waals surface area contributed by atoms with E-state index in [0.717, 1.165) is 16.7 Å². The van der Waals surface area contributed by atoms with Crippen molar-refractivity contribution in [3.63, 3.8) is 0 Å². The molecule has 1 fully saturated rings. The van der Waals surface area contributed by atoms with E-state index in [2.05, 4.69) is 5.32 Å². The smallest absolute Gasteiger partial charge is 0.319 e. The molecule has 0 unspecified atom stereocenters. The minimum Gasteiger partial charge on any atom is -0.319 e. The van der Waals surface area contributed by atoms with Gasteiger partial charge in [-0.25, -0.2) is 4.79 Å². The number of imide groups is 1. The molecule has 0 spiro atoms.